The number of hydrogen-bond donors (Lipinski definition) is 1. The lowest BCUT2D eigenvalue weighted by Crippen LogP contribution is -2.11. The van der Waals surface area contributed by atoms with E-state index in [2.05, 4.69) is 34.6 Å². The Kier molecular flexibility index (Phi) is 6.03. The molecule has 0 saturated heterocycles. The molecule has 5 aromatic rings. The summed E-state index contributed by atoms with van der Waals surface area (Å²) in [6.45, 7) is 2.61. The highest BCUT2D eigenvalue weighted by atomic mass is 16.5. The van der Waals surface area contributed by atoms with Crippen molar-refractivity contribution < 1.29 is 9.53 Å². The molecule has 0 aliphatic rings. The largest absolute Gasteiger partial charge is 0.489 e. The molecule has 0 aliphatic carbocycles. The van der Waals surface area contributed by atoms with E-state index >= 15 is 0 Å². The van der Waals surface area contributed by atoms with Crippen molar-refractivity contribution in [3.05, 3.63) is 114 Å². The van der Waals surface area contributed by atoms with Crippen molar-refractivity contribution in [2.45, 2.75) is 20.0 Å². The number of carbonyl (C=O) groups excluding carboxylic acids is 1. The summed E-state index contributed by atoms with van der Waals surface area (Å²) < 4.78 is 5.80. The van der Waals surface area contributed by atoms with E-state index in [1.165, 1.54) is 5.56 Å². The van der Waals surface area contributed by atoms with E-state index in [1.54, 1.807) is 29.1 Å². The number of anilines is 1. The number of ether oxygens (including phenoxy) is 1. The molecular formula is C28H24N4O2. The summed E-state index contributed by atoms with van der Waals surface area (Å²) in [5.74, 6) is 0.516. The second kappa shape index (κ2) is 9.58. The summed E-state index contributed by atoms with van der Waals surface area (Å²) in [5, 5.41) is 12.1. The van der Waals surface area contributed by atoms with Gasteiger partial charge in [-0.2, -0.15) is 4.80 Å². The monoisotopic (exact) mass is 448 g/mol. The Morgan fingerprint density at radius 2 is 1.56 bits per heavy atom. The third kappa shape index (κ3) is 4.81. The Morgan fingerprint density at radius 3 is 2.29 bits per heavy atom. The first-order chi connectivity index (χ1) is 16.7. The fourth-order valence-corrected chi connectivity index (χ4v) is 3.62. The van der Waals surface area contributed by atoms with Crippen LogP contribution in [0.1, 0.15) is 28.4 Å². The lowest BCUT2D eigenvalue weighted by Gasteiger charge is -2.08. The fourth-order valence-electron chi connectivity index (χ4n) is 3.62. The molecule has 34 heavy (non-hydrogen) atoms. The minimum Gasteiger partial charge on any atom is -0.489 e. The van der Waals surface area contributed by atoms with Gasteiger partial charge in [-0.25, -0.2) is 0 Å². The zero-order valence-corrected chi connectivity index (χ0v) is 18.8. The van der Waals surface area contributed by atoms with E-state index in [1.807, 2.05) is 60.7 Å². The molecule has 0 aliphatic heterocycles. The van der Waals surface area contributed by atoms with Gasteiger partial charge in [0, 0.05) is 11.3 Å². The van der Waals surface area contributed by atoms with Crippen LogP contribution in [0.3, 0.4) is 0 Å². The number of rotatable bonds is 7. The van der Waals surface area contributed by atoms with Gasteiger partial charge in [-0.05, 0) is 72.1 Å². The number of fused-ring (bicyclic) bond motifs is 1. The topological polar surface area (TPSA) is 69.0 Å². The normalized spacial score (nSPS) is 10.9. The summed E-state index contributed by atoms with van der Waals surface area (Å²) in [6.07, 6.45) is 0.987. The zero-order valence-electron chi connectivity index (χ0n) is 18.8. The number of aryl methyl sites for hydroxylation is 1. The predicted octanol–water partition coefficient (Wildman–Crippen LogP) is 5.81. The molecule has 0 atom stereocenters. The van der Waals surface area contributed by atoms with E-state index in [-0.39, 0.29) is 5.91 Å². The molecule has 6 heteroatoms. The Morgan fingerprint density at radius 1 is 0.824 bits per heavy atom. The highest BCUT2D eigenvalue weighted by molar-refractivity contribution is 6.05. The third-order valence-corrected chi connectivity index (χ3v) is 5.58. The minimum atomic E-state index is -0.198. The van der Waals surface area contributed by atoms with Crippen molar-refractivity contribution >= 4 is 22.6 Å². The lowest BCUT2D eigenvalue weighted by atomic mass is 10.2. The molecular weight excluding hydrogens is 424 g/mol. The number of amides is 1. The SMILES string of the molecule is CCc1ccc(-n2nc3ccc(NC(=O)c4ccc(OCc5ccccc5)cc4)cc3n2)cc1. The van der Waals surface area contributed by atoms with Gasteiger partial charge in [-0.3, -0.25) is 4.79 Å². The van der Waals surface area contributed by atoms with Crippen molar-refractivity contribution in [3.8, 4) is 11.4 Å². The molecule has 168 valence electrons. The standard InChI is InChI=1S/C28H24N4O2/c1-2-20-8-13-24(14-9-20)32-30-26-17-12-23(18-27(26)31-32)29-28(33)22-10-15-25(16-11-22)34-19-21-6-4-3-5-7-21/h3-18H,2,19H2,1H3,(H,29,33). The molecule has 0 unspecified atom stereocenters. The summed E-state index contributed by atoms with van der Waals surface area (Å²) in [6, 6.07) is 30.8. The highest BCUT2D eigenvalue weighted by Crippen LogP contribution is 2.20. The number of benzene rings is 4. The average Bonchev–Trinajstić information content (AvgIpc) is 3.32. The molecule has 1 N–H and O–H groups in total. The highest BCUT2D eigenvalue weighted by Gasteiger charge is 2.10. The molecule has 4 aromatic carbocycles. The maximum absolute atomic E-state index is 12.7. The second-order valence-corrected chi connectivity index (χ2v) is 7.97. The van der Waals surface area contributed by atoms with Crippen LogP contribution in [-0.4, -0.2) is 20.9 Å². The van der Waals surface area contributed by atoms with Gasteiger partial charge >= 0.3 is 0 Å². The van der Waals surface area contributed by atoms with Gasteiger partial charge in [0.25, 0.3) is 5.91 Å². The van der Waals surface area contributed by atoms with Gasteiger partial charge in [0.2, 0.25) is 0 Å². The van der Waals surface area contributed by atoms with Crippen molar-refractivity contribution in [3.63, 3.8) is 0 Å². The van der Waals surface area contributed by atoms with Gasteiger partial charge in [0.1, 0.15) is 23.4 Å². The summed E-state index contributed by atoms with van der Waals surface area (Å²) in [5.41, 5.74) is 5.94. The van der Waals surface area contributed by atoms with E-state index in [0.717, 1.165) is 23.2 Å². The smallest absolute Gasteiger partial charge is 0.255 e. The Labute approximate surface area is 197 Å². The van der Waals surface area contributed by atoms with E-state index in [0.29, 0.717) is 29.1 Å². The lowest BCUT2D eigenvalue weighted by molar-refractivity contribution is 0.102. The van der Waals surface area contributed by atoms with Crippen LogP contribution in [0.25, 0.3) is 16.7 Å². The first-order valence-corrected chi connectivity index (χ1v) is 11.2. The molecule has 0 fully saturated rings. The van der Waals surface area contributed by atoms with Gasteiger partial charge < -0.3 is 10.1 Å². The molecule has 0 saturated carbocycles. The van der Waals surface area contributed by atoms with Crippen LogP contribution in [0.15, 0.2) is 97.1 Å². The number of nitrogens with one attached hydrogen (secondary N) is 1. The van der Waals surface area contributed by atoms with Crippen LogP contribution in [0.2, 0.25) is 0 Å². The Bertz CT molecular complexity index is 1410. The maximum Gasteiger partial charge on any atom is 0.255 e. The molecule has 0 radical (unpaired) electrons. The molecule has 1 heterocycles. The van der Waals surface area contributed by atoms with E-state index < -0.39 is 0 Å². The van der Waals surface area contributed by atoms with Gasteiger partial charge in [-0.1, -0.05) is 49.4 Å². The van der Waals surface area contributed by atoms with E-state index in [9.17, 15) is 4.79 Å². The molecule has 1 amide bonds. The van der Waals surface area contributed by atoms with Crippen LogP contribution in [0, 0.1) is 0 Å². The predicted molar refractivity (Wildman–Crippen MR) is 133 cm³/mol. The van der Waals surface area contributed by atoms with Crippen molar-refractivity contribution in [1.82, 2.24) is 15.0 Å². The second-order valence-electron chi connectivity index (χ2n) is 7.97. The molecule has 6 nitrogen and oxygen atoms in total. The van der Waals surface area contributed by atoms with Gasteiger partial charge in [0.15, 0.2) is 0 Å². The molecule has 0 bridgehead atoms. The van der Waals surface area contributed by atoms with Crippen LogP contribution in [-0.2, 0) is 13.0 Å². The maximum atomic E-state index is 12.7. The zero-order chi connectivity index (χ0) is 23.3. The van der Waals surface area contributed by atoms with Gasteiger partial charge in [0.05, 0.1) is 5.69 Å². The first kappa shape index (κ1) is 21.4. The Balaban J connectivity index is 1.25. The fraction of sp³-hybridized carbons (Fsp3) is 0.107. The van der Waals surface area contributed by atoms with Crippen molar-refractivity contribution in [2.75, 3.05) is 5.32 Å². The summed E-state index contributed by atoms with van der Waals surface area (Å²) in [7, 11) is 0. The molecule has 1 aromatic heterocycles. The van der Waals surface area contributed by atoms with Crippen LogP contribution in [0.5, 0.6) is 5.75 Å². The summed E-state index contributed by atoms with van der Waals surface area (Å²) in [4.78, 5) is 14.3. The van der Waals surface area contributed by atoms with Crippen LogP contribution < -0.4 is 10.1 Å². The first-order valence-electron chi connectivity index (χ1n) is 11.2. The van der Waals surface area contributed by atoms with E-state index in [4.69, 9.17) is 4.74 Å². The number of nitrogens with zero attached hydrogens (tertiary/aromatic N) is 3. The average molecular weight is 449 g/mol. The minimum absolute atomic E-state index is 0.198. The number of aromatic nitrogens is 3. The number of carbonyl (C=O) groups is 1. The van der Waals surface area contributed by atoms with Crippen molar-refractivity contribution in [1.29, 1.82) is 0 Å². The molecule has 5 rings (SSSR count). The molecule has 0 spiro atoms. The number of hydrogen-bond acceptors (Lipinski definition) is 4. The van der Waals surface area contributed by atoms with Crippen molar-refractivity contribution in [2.24, 2.45) is 0 Å². The van der Waals surface area contributed by atoms with Crippen LogP contribution in [0.4, 0.5) is 5.69 Å². The quantitative estimate of drug-likeness (QED) is 0.341. The third-order valence-electron chi connectivity index (χ3n) is 5.58. The van der Waals surface area contributed by atoms with Crippen LogP contribution >= 0.6 is 0 Å². The Hall–Kier alpha value is -4.45. The van der Waals surface area contributed by atoms with Gasteiger partial charge in [-0.15, -0.1) is 10.2 Å². The summed E-state index contributed by atoms with van der Waals surface area (Å²) >= 11 is 0.